The molecule has 1 atom stereocenters. The number of esters is 1. The van der Waals surface area contributed by atoms with Crippen LogP contribution in [-0.2, 0) is 24.2 Å². The van der Waals surface area contributed by atoms with E-state index >= 15 is 0 Å². The number of sulfone groups is 1. The molecule has 7 nitrogen and oxygen atoms in total. The Bertz CT molecular complexity index is 439. The van der Waals surface area contributed by atoms with Crippen molar-refractivity contribution in [3.63, 3.8) is 0 Å². The number of ether oxygens (including phenoxy) is 1. The molecule has 0 spiro atoms. The third-order valence-electron chi connectivity index (χ3n) is 2.98. The Morgan fingerprint density at radius 2 is 2.00 bits per heavy atom. The summed E-state index contributed by atoms with van der Waals surface area (Å²) in [4.78, 5) is 21.7. The fourth-order valence-electron chi connectivity index (χ4n) is 1.80. The lowest BCUT2D eigenvalue weighted by Gasteiger charge is -2.15. The Morgan fingerprint density at radius 1 is 1.44 bits per heavy atom. The van der Waals surface area contributed by atoms with Gasteiger partial charge in [0, 0.05) is 0 Å². The van der Waals surface area contributed by atoms with Gasteiger partial charge in [-0.3, -0.25) is 9.59 Å². The smallest absolute Gasteiger partial charge is 0.321 e. The highest BCUT2D eigenvalue weighted by molar-refractivity contribution is 7.91. The van der Waals surface area contributed by atoms with Crippen LogP contribution in [-0.4, -0.2) is 50.1 Å². The number of aliphatic carboxylic acids is 1. The number of methoxy groups -OCH3 is 1. The van der Waals surface area contributed by atoms with Crippen LogP contribution in [0.2, 0.25) is 0 Å². The van der Waals surface area contributed by atoms with E-state index in [1.54, 1.807) is 0 Å². The van der Waals surface area contributed by atoms with Gasteiger partial charge in [0.05, 0.1) is 25.0 Å². The zero-order valence-electron chi connectivity index (χ0n) is 10.1. The molecule has 0 aromatic rings. The molecular formula is C10H17NO6S. The highest BCUT2D eigenvalue weighted by Gasteiger charge is 2.48. The van der Waals surface area contributed by atoms with Gasteiger partial charge in [-0.05, 0) is 18.3 Å². The first-order valence-corrected chi connectivity index (χ1v) is 7.27. The molecule has 0 radical (unpaired) electrons. The van der Waals surface area contributed by atoms with Crippen molar-refractivity contribution >= 4 is 21.8 Å². The average molecular weight is 279 g/mol. The van der Waals surface area contributed by atoms with E-state index in [1.807, 2.05) is 0 Å². The van der Waals surface area contributed by atoms with E-state index in [-0.39, 0.29) is 12.2 Å². The fraction of sp³-hybridized carbons (Fsp3) is 0.800. The van der Waals surface area contributed by atoms with Crippen LogP contribution >= 0.6 is 0 Å². The minimum atomic E-state index is -3.59. The van der Waals surface area contributed by atoms with Crippen molar-refractivity contribution < 1.29 is 27.9 Å². The average Bonchev–Trinajstić information content (AvgIpc) is 2.95. The minimum absolute atomic E-state index is 0.0467. The molecule has 8 heteroatoms. The van der Waals surface area contributed by atoms with Gasteiger partial charge in [0.25, 0.3) is 0 Å². The Morgan fingerprint density at radius 3 is 2.39 bits per heavy atom. The van der Waals surface area contributed by atoms with Crippen LogP contribution in [0.3, 0.4) is 0 Å². The lowest BCUT2D eigenvalue weighted by molar-refractivity contribution is -0.142. The molecule has 1 aliphatic rings. The monoisotopic (exact) mass is 279 g/mol. The summed E-state index contributed by atoms with van der Waals surface area (Å²) in [5.41, 5.74) is 4.62. The molecule has 1 saturated carbocycles. The maximum Gasteiger partial charge on any atom is 0.321 e. The lowest BCUT2D eigenvalue weighted by atomic mass is 10.1. The molecule has 3 N–H and O–H groups in total. The number of hydrogen-bond acceptors (Lipinski definition) is 6. The van der Waals surface area contributed by atoms with Crippen LogP contribution in [0, 0.1) is 5.41 Å². The first kappa shape index (κ1) is 14.9. The highest BCUT2D eigenvalue weighted by atomic mass is 32.2. The summed E-state index contributed by atoms with van der Waals surface area (Å²) in [7, 11) is -2.35. The van der Waals surface area contributed by atoms with Crippen LogP contribution in [0.25, 0.3) is 0 Å². The molecule has 1 aliphatic carbocycles. The molecule has 1 unspecified atom stereocenters. The van der Waals surface area contributed by atoms with Crippen molar-refractivity contribution in [1.29, 1.82) is 0 Å². The summed E-state index contributed by atoms with van der Waals surface area (Å²) < 4.78 is 28.1. The molecular weight excluding hydrogens is 262 g/mol. The van der Waals surface area contributed by atoms with E-state index in [2.05, 4.69) is 4.74 Å². The predicted molar refractivity (Wildman–Crippen MR) is 62.6 cm³/mol. The van der Waals surface area contributed by atoms with E-state index in [4.69, 9.17) is 10.8 Å². The molecule has 0 bridgehead atoms. The molecule has 0 saturated heterocycles. The second-order valence-corrected chi connectivity index (χ2v) is 6.86. The molecule has 18 heavy (non-hydrogen) atoms. The van der Waals surface area contributed by atoms with Crippen molar-refractivity contribution in [1.82, 2.24) is 0 Å². The number of carbonyl (C=O) groups excluding carboxylic acids is 1. The number of rotatable bonds is 7. The van der Waals surface area contributed by atoms with E-state index in [1.165, 1.54) is 7.11 Å². The van der Waals surface area contributed by atoms with Gasteiger partial charge in [-0.15, -0.1) is 0 Å². The van der Waals surface area contributed by atoms with Crippen LogP contribution in [0.5, 0.6) is 0 Å². The van der Waals surface area contributed by atoms with E-state index in [0.717, 1.165) is 0 Å². The molecule has 1 fully saturated rings. The third-order valence-corrected chi connectivity index (χ3v) is 4.90. The third kappa shape index (κ3) is 4.26. The molecule has 0 aliphatic heterocycles. The van der Waals surface area contributed by atoms with Crippen molar-refractivity contribution in [3.05, 3.63) is 0 Å². The van der Waals surface area contributed by atoms with Crippen molar-refractivity contribution in [2.45, 2.75) is 25.3 Å². The van der Waals surface area contributed by atoms with Gasteiger partial charge in [-0.2, -0.15) is 0 Å². The molecule has 0 aromatic carbocycles. The summed E-state index contributed by atoms with van der Waals surface area (Å²) in [6, 6.07) is -1.43. The summed E-state index contributed by atoms with van der Waals surface area (Å²) >= 11 is 0. The number of carboxylic acid groups (broad SMARTS) is 1. The second-order valence-electron chi connectivity index (χ2n) is 4.75. The van der Waals surface area contributed by atoms with Gasteiger partial charge < -0.3 is 15.6 Å². The fourth-order valence-corrected chi connectivity index (χ4v) is 3.93. The first-order chi connectivity index (χ1) is 8.20. The number of hydrogen-bond donors (Lipinski definition) is 2. The number of nitrogens with two attached hydrogens (primary N) is 1. The minimum Gasteiger partial charge on any atom is -0.480 e. The summed E-state index contributed by atoms with van der Waals surface area (Å²) in [5, 5.41) is 8.58. The largest absolute Gasteiger partial charge is 0.480 e. The predicted octanol–water partition coefficient (Wildman–Crippen LogP) is -0.844. The zero-order chi connectivity index (χ0) is 14.0. The number of carboxylic acids is 1. The van der Waals surface area contributed by atoms with Crippen molar-refractivity contribution in [2.75, 3.05) is 18.6 Å². The molecule has 0 aromatic heterocycles. The van der Waals surface area contributed by atoms with Gasteiger partial charge >= 0.3 is 11.9 Å². The Kier molecular flexibility index (Phi) is 4.33. The highest BCUT2D eigenvalue weighted by Crippen LogP contribution is 2.50. The zero-order valence-corrected chi connectivity index (χ0v) is 10.9. The van der Waals surface area contributed by atoms with Gasteiger partial charge in [-0.25, -0.2) is 8.42 Å². The Balaban J connectivity index is 2.61. The van der Waals surface area contributed by atoms with Crippen molar-refractivity contribution in [3.8, 4) is 0 Å². The quantitative estimate of drug-likeness (QED) is 0.582. The molecule has 1 rings (SSSR count). The van der Waals surface area contributed by atoms with Crippen molar-refractivity contribution in [2.24, 2.45) is 11.1 Å². The van der Waals surface area contributed by atoms with Gasteiger partial charge in [0.15, 0.2) is 9.84 Å². The van der Waals surface area contributed by atoms with Gasteiger partial charge in [0.2, 0.25) is 0 Å². The Labute approximate surface area is 105 Å². The summed E-state index contributed by atoms with van der Waals surface area (Å²) in [6.45, 7) is 0. The number of carbonyl (C=O) groups is 2. The SMILES string of the molecule is COC(=O)CC1(CS(=O)(=O)CC(N)C(=O)O)CC1. The van der Waals surface area contributed by atoms with E-state index in [0.29, 0.717) is 12.8 Å². The summed E-state index contributed by atoms with van der Waals surface area (Å²) in [5.74, 6) is -2.62. The standard InChI is InChI=1S/C10H17NO6S/c1-17-8(12)4-10(2-3-10)6-18(15,16)5-7(11)9(13)14/h7H,2-6,11H2,1H3,(H,13,14). The van der Waals surface area contributed by atoms with Gasteiger partial charge in [0.1, 0.15) is 6.04 Å². The molecule has 0 amide bonds. The molecule has 0 heterocycles. The topological polar surface area (TPSA) is 124 Å². The lowest BCUT2D eigenvalue weighted by Crippen LogP contribution is -2.39. The maximum absolute atomic E-state index is 11.8. The Hall–Kier alpha value is -1.15. The van der Waals surface area contributed by atoms with Crippen LogP contribution in [0.1, 0.15) is 19.3 Å². The first-order valence-electron chi connectivity index (χ1n) is 5.45. The molecule has 104 valence electrons. The maximum atomic E-state index is 11.8. The van der Waals surface area contributed by atoms with Crippen LogP contribution < -0.4 is 5.73 Å². The van der Waals surface area contributed by atoms with E-state index < -0.39 is 39.0 Å². The normalized spacial score (nSPS) is 19.0. The summed E-state index contributed by atoms with van der Waals surface area (Å²) in [6.07, 6.45) is 1.30. The van der Waals surface area contributed by atoms with Crippen LogP contribution in [0.4, 0.5) is 0 Å². The van der Waals surface area contributed by atoms with Crippen LogP contribution in [0.15, 0.2) is 0 Å². The van der Waals surface area contributed by atoms with Gasteiger partial charge in [-0.1, -0.05) is 0 Å². The van der Waals surface area contributed by atoms with E-state index in [9.17, 15) is 18.0 Å². The second kappa shape index (κ2) is 5.23.